The number of halogens is 1. The molecule has 0 aliphatic heterocycles. The van der Waals surface area contributed by atoms with Gasteiger partial charge >= 0.3 is 0 Å². The summed E-state index contributed by atoms with van der Waals surface area (Å²) in [7, 11) is 0. The molecule has 3 rings (SSSR count). The van der Waals surface area contributed by atoms with Gasteiger partial charge in [-0.3, -0.25) is 0 Å². The molecule has 2 heteroatoms. The van der Waals surface area contributed by atoms with Crippen LogP contribution >= 0.6 is 11.6 Å². The molecule has 0 saturated heterocycles. The topological polar surface area (TPSA) is 12.9 Å². The van der Waals surface area contributed by atoms with E-state index in [1.807, 2.05) is 43.3 Å². The van der Waals surface area contributed by atoms with Gasteiger partial charge in [0.1, 0.15) is 0 Å². The normalized spacial score (nSPS) is 12.5. The van der Waals surface area contributed by atoms with Crippen molar-refractivity contribution >= 4 is 22.5 Å². The van der Waals surface area contributed by atoms with E-state index in [0.29, 0.717) is 0 Å². The van der Waals surface area contributed by atoms with Crippen molar-refractivity contribution in [3.05, 3.63) is 66.2 Å². The third-order valence-electron chi connectivity index (χ3n) is 3.23. The third kappa shape index (κ3) is 2.34. The fraction of sp³-hybridized carbons (Fsp3) is 0.118. The van der Waals surface area contributed by atoms with Crippen molar-refractivity contribution in [3.8, 4) is 11.3 Å². The summed E-state index contributed by atoms with van der Waals surface area (Å²) in [5.41, 5.74) is 4.16. The van der Waals surface area contributed by atoms with Gasteiger partial charge in [-0.05, 0) is 24.6 Å². The van der Waals surface area contributed by atoms with E-state index in [2.05, 4.69) is 24.3 Å². The highest BCUT2D eigenvalue weighted by Gasteiger charge is 2.12. The number of para-hydroxylation sites is 1. The van der Waals surface area contributed by atoms with Crippen molar-refractivity contribution in [1.82, 2.24) is 4.98 Å². The maximum Gasteiger partial charge on any atom is 0.0756 e. The minimum Gasteiger partial charge on any atom is -0.247 e. The summed E-state index contributed by atoms with van der Waals surface area (Å²) in [6.45, 7) is 1.99. The van der Waals surface area contributed by atoms with Gasteiger partial charge in [0.05, 0.1) is 16.6 Å². The zero-order valence-electron chi connectivity index (χ0n) is 10.7. The number of hydrogen-bond acceptors (Lipinski definition) is 1. The lowest BCUT2D eigenvalue weighted by Gasteiger charge is -2.12. The first-order valence-corrected chi connectivity index (χ1v) is 6.78. The Balaban J connectivity index is 2.30. The molecule has 0 fully saturated rings. The van der Waals surface area contributed by atoms with E-state index < -0.39 is 0 Å². The number of nitrogens with zero attached hydrogens (tertiary/aromatic N) is 1. The number of hydrogen-bond donors (Lipinski definition) is 0. The number of rotatable bonds is 2. The monoisotopic (exact) mass is 267 g/mol. The molecule has 1 heterocycles. The fourth-order valence-corrected chi connectivity index (χ4v) is 2.43. The molecule has 1 nitrogen and oxygen atoms in total. The van der Waals surface area contributed by atoms with Gasteiger partial charge in [0.25, 0.3) is 0 Å². The van der Waals surface area contributed by atoms with Gasteiger partial charge in [-0.15, -0.1) is 11.6 Å². The van der Waals surface area contributed by atoms with Crippen molar-refractivity contribution < 1.29 is 0 Å². The van der Waals surface area contributed by atoms with Crippen LogP contribution in [0.4, 0.5) is 0 Å². The summed E-state index contributed by atoms with van der Waals surface area (Å²) in [4.78, 5) is 4.78. The highest BCUT2D eigenvalue weighted by molar-refractivity contribution is 6.21. The van der Waals surface area contributed by atoms with Crippen LogP contribution in [0.2, 0.25) is 0 Å². The van der Waals surface area contributed by atoms with Gasteiger partial charge in [0.2, 0.25) is 0 Å². The Bertz CT molecular complexity index is 705. The smallest absolute Gasteiger partial charge is 0.0756 e. The van der Waals surface area contributed by atoms with Gasteiger partial charge < -0.3 is 0 Å². The molecule has 0 radical (unpaired) electrons. The van der Waals surface area contributed by atoms with Crippen molar-refractivity contribution in [2.45, 2.75) is 12.3 Å². The molecule has 0 N–H and O–H groups in total. The Morgan fingerprint density at radius 2 is 1.63 bits per heavy atom. The molecule has 1 atom stereocenters. The van der Waals surface area contributed by atoms with E-state index in [-0.39, 0.29) is 5.38 Å². The summed E-state index contributed by atoms with van der Waals surface area (Å²) in [6, 6.07) is 20.5. The second-order valence-corrected chi connectivity index (χ2v) is 5.26. The predicted molar refractivity (Wildman–Crippen MR) is 81.4 cm³/mol. The van der Waals surface area contributed by atoms with Gasteiger partial charge in [0, 0.05) is 10.9 Å². The zero-order chi connectivity index (χ0) is 13.2. The van der Waals surface area contributed by atoms with E-state index in [0.717, 1.165) is 27.7 Å². The van der Waals surface area contributed by atoms with Crippen LogP contribution in [0.25, 0.3) is 22.2 Å². The summed E-state index contributed by atoms with van der Waals surface area (Å²) in [5, 5.41) is 1.07. The number of pyridine rings is 1. The number of fused-ring (bicyclic) bond motifs is 1. The molecule has 0 aliphatic rings. The molecular weight excluding hydrogens is 254 g/mol. The third-order valence-corrected chi connectivity index (χ3v) is 3.46. The lowest BCUT2D eigenvalue weighted by Crippen LogP contribution is -1.95. The molecule has 0 amide bonds. The molecule has 19 heavy (non-hydrogen) atoms. The molecule has 0 bridgehead atoms. The maximum absolute atomic E-state index is 6.32. The van der Waals surface area contributed by atoms with Crippen LogP contribution in [0.3, 0.4) is 0 Å². The van der Waals surface area contributed by atoms with E-state index in [1.54, 1.807) is 0 Å². The average Bonchev–Trinajstić information content (AvgIpc) is 2.46. The quantitative estimate of drug-likeness (QED) is 0.582. The number of benzene rings is 2. The zero-order valence-corrected chi connectivity index (χ0v) is 11.4. The molecule has 94 valence electrons. The second-order valence-electron chi connectivity index (χ2n) is 4.60. The Labute approximate surface area is 117 Å². The van der Waals surface area contributed by atoms with Crippen LogP contribution in [0.1, 0.15) is 17.9 Å². The van der Waals surface area contributed by atoms with Crippen molar-refractivity contribution in [1.29, 1.82) is 0 Å². The van der Waals surface area contributed by atoms with E-state index in [4.69, 9.17) is 16.6 Å². The molecule has 3 aromatic rings. The standard InChI is InChI=1S/C17H14ClN/c1-12(18)15-11-14-9-5-6-10-16(14)19-17(15)13-7-3-2-4-8-13/h2-12H,1H3. The molecule has 1 aromatic heterocycles. The molecule has 1 unspecified atom stereocenters. The van der Waals surface area contributed by atoms with Crippen molar-refractivity contribution in [3.63, 3.8) is 0 Å². The van der Waals surface area contributed by atoms with Crippen LogP contribution in [0, 0.1) is 0 Å². The van der Waals surface area contributed by atoms with Crippen LogP contribution in [-0.4, -0.2) is 4.98 Å². The van der Waals surface area contributed by atoms with E-state index in [9.17, 15) is 0 Å². The second kappa shape index (κ2) is 5.02. The Morgan fingerprint density at radius 1 is 0.947 bits per heavy atom. The van der Waals surface area contributed by atoms with Gasteiger partial charge in [0.15, 0.2) is 0 Å². The molecule has 0 spiro atoms. The highest BCUT2D eigenvalue weighted by Crippen LogP contribution is 2.32. The SMILES string of the molecule is CC(Cl)c1cc2ccccc2nc1-c1ccccc1. The van der Waals surface area contributed by atoms with Crippen LogP contribution in [0.15, 0.2) is 60.7 Å². The minimum atomic E-state index is -0.0627. The largest absolute Gasteiger partial charge is 0.247 e. The van der Waals surface area contributed by atoms with Gasteiger partial charge in [-0.2, -0.15) is 0 Å². The minimum absolute atomic E-state index is 0.0627. The van der Waals surface area contributed by atoms with Crippen molar-refractivity contribution in [2.24, 2.45) is 0 Å². The average molecular weight is 268 g/mol. The highest BCUT2D eigenvalue weighted by atomic mass is 35.5. The van der Waals surface area contributed by atoms with E-state index in [1.165, 1.54) is 0 Å². The lowest BCUT2D eigenvalue weighted by atomic mass is 10.0. The molecule has 0 saturated carbocycles. The van der Waals surface area contributed by atoms with Crippen molar-refractivity contribution in [2.75, 3.05) is 0 Å². The molecule has 2 aromatic carbocycles. The summed E-state index contributed by atoms with van der Waals surface area (Å²) in [6.07, 6.45) is 0. The Morgan fingerprint density at radius 3 is 2.37 bits per heavy atom. The van der Waals surface area contributed by atoms with Crippen LogP contribution in [-0.2, 0) is 0 Å². The van der Waals surface area contributed by atoms with Gasteiger partial charge in [-0.25, -0.2) is 4.98 Å². The van der Waals surface area contributed by atoms with E-state index >= 15 is 0 Å². The van der Waals surface area contributed by atoms with Gasteiger partial charge in [-0.1, -0.05) is 48.5 Å². The maximum atomic E-state index is 6.32. The first kappa shape index (κ1) is 12.2. The summed E-state index contributed by atoms with van der Waals surface area (Å²) < 4.78 is 0. The molecule has 0 aliphatic carbocycles. The number of aromatic nitrogens is 1. The molecular formula is C17H14ClN. The summed E-state index contributed by atoms with van der Waals surface area (Å²) in [5.74, 6) is 0. The fourth-order valence-electron chi connectivity index (χ4n) is 2.26. The van der Waals surface area contributed by atoms with Crippen LogP contribution < -0.4 is 0 Å². The predicted octanol–water partition coefficient (Wildman–Crippen LogP) is 5.20. The Kier molecular flexibility index (Phi) is 3.22. The summed E-state index contributed by atoms with van der Waals surface area (Å²) >= 11 is 6.32. The first-order chi connectivity index (χ1) is 9.25. The number of alkyl halides is 1. The Hall–Kier alpha value is -1.86. The van der Waals surface area contributed by atoms with Crippen LogP contribution in [0.5, 0.6) is 0 Å². The first-order valence-electron chi connectivity index (χ1n) is 6.35. The lowest BCUT2D eigenvalue weighted by molar-refractivity contribution is 1.07.